The van der Waals surface area contributed by atoms with E-state index in [9.17, 15) is 0 Å². The van der Waals surface area contributed by atoms with Crippen molar-refractivity contribution in [1.29, 1.82) is 0 Å². The van der Waals surface area contributed by atoms with E-state index in [1.807, 2.05) is 30.3 Å². The van der Waals surface area contributed by atoms with E-state index in [4.69, 9.17) is 10.3 Å². The van der Waals surface area contributed by atoms with Crippen molar-refractivity contribution in [2.75, 3.05) is 5.73 Å². The lowest BCUT2D eigenvalue weighted by molar-refractivity contribution is 0.432. The molecule has 0 saturated carbocycles. The number of rotatable bonds is 1. The fourth-order valence-corrected chi connectivity index (χ4v) is 1.67. The normalized spacial score (nSPS) is 10.8. The molecule has 0 aliphatic carbocycles. The summed E-state index contributed by atoms with van der Waals surface area (Å²) in [5, 5.41) is 4.75. The molecule has 4 nitrogen and oxygen atoms in total. The maximum atomic E-state index is 5.74. The molecule has 0 saturated heterocycles. The van der Waals surface area contributed by atoms with Gasteiger partial charge < -0.3 is 10.3 Å². The van der Waals surface area contributed by atoms with Gasteiger partial charge in [0.05, 0.1) is 11.7 Å². The summed E-state index contributed by atoms with van der Waals surface area (Å²) < 4.78 is 5.10. The van der Waals surface area contributed by atoms with Crippen LogP contribution in [0.4, 0.5) is 5.69 Å². The van der Waals surface area contributed by atoms with Crippen molar-refractivity contribution < 1.29 is 4.52 Å². The van der Waals surface area contributed by atoms with Crippen molar-refractivity contribution in [2.24, 2.45) is 0 Å². The van der Waals surface area contributed by atoms with Crippen LogP contribution in [0.1, 0.15) is 0 Å². The minimum absolute atomic E-state index is 0.537. The van der Waals surface area contributed by atoms with E-state index in [2.05, 4.69) is 10.1 Å². The zero-order valence-electron chi connectivity index (χ0n) is 8.42. The van der Waals surface area contributed by atoms with E-state index >= 15 is 0 Å². The van der Waals surface area contributed by atoms with Gasteiger partial charge in [0.15, 0.2) is 5.76 Å². The molecule has 4 heteroatoms. The van der Waals surface area contributed by atoms with E-state index in [0.29, 0.717) is 11.4 Å². The number of fused-ring (bicyclic) bond motifs is 1. The first-order valence-electron chi connectivity index (χ1n) is 4.90. The highest BCUT2D eigenvalue weighted by molar-refractivity contribution is 5.84. The van der Waals surface area contributed by atoms with E-state index in [1.165, 1.54) is 6.20 Å². The quantitative estimate of drug-likeness (QED) is 0.671. The number of hydrogen-bond acceptors (Lipinski definition) is 4. The maximum absolute atomic E-state index is 5.74. The fourth-order valence-electron chi connectivity index (χ4n) is 1.67. The number of nitrogens with two attached hydrogens (primary N) is 1. The maximum Gasteiger partial charge on any atom is 0.189 e. The Hall–Kier alpha value is -2.36. The van der Waals surface area contributed by atoms with Crippen LogP contribution in [-0.2, 0) is 0 Å². The SMILES string of the molecule is Nc1cnoc1-c1ccc2cccnc2c1. The highest BCUT2D eigenvalue weighted by atomic mass is 16.5. The summed E-state index contributed by atoms with van der Waals surface area (Å²) in [7, 11) is 0. The van der Waals surface area contributed by atoms with Gasteiger partial charge in [-0.15, -0.1) is 0 Å². The molecule has 2 aromatic heterocycles. The summed E-state index contributed by atoms with van der Waals surface area (Å²) >= 11 is 0. The number of benzene rings is 1. The smallest absolute Gasteiger partial charge is 0.189 e. The third kappa shape index (κ3) is 1.32. The fraction of sp³-hybridized carbons (Fsp3) is 0. The van der Waals surface area contributed by atoms with Crippen LogP contribution in [0.2, 0.25) is 0 Å². The summed E-state index contributed by atoms with van der Waals surface area (Å²) in [5.74, 6) is 0.590. The van der Waals surface area contributed by atoms with E-state index in [-0.39, 0.29) is 0 Å². The molecule has 2 N–H and O–H groups in total. The number of nitrogen functional groups attached to an aromatic ring is 1. The standard InChI is InChI=1S/C12H9N3O/c13-10-7-15-16-12(10)9-4-3-8-2-1-5-14-11(8)6-9/h1-7H,13H2. The van der Waals surface area contributed by atoms with Crippen LogP contribution in [0, 0.1) is 0 Å². The van der Waals surface area contributed by atoms with Gasteiger partial charge in [0.1, 0.15) is 5.69 Å². The predicted octanol–water partition coefficient (Wildman–Crippen LogP) is 2.47. The molecule has 0 amide bonds. The van der Waals surface area contributed by atoms with Gasteiger partial charge in [0.2, 0.25) is 0 Å². The van der Waals surface area contributed by atoms with Gasteiger partial charge in [0, 0.05) is 17.1 Å². The summed E-state index contributed by atoms with van der Waals surface area (Å²) in [6.45, 7) is 0. The zero-order valence-corrected chi connectivity index (χ0v) is 8.42. The van der Waals surface area contributed by atoms with E-state index in [0.717, 1.165) is 16.5 Å². The molecule has 2 heterocycles. The van der Waals surface area contributed by atoms with Gasteiger partial charge in [-0.05, 0) is 12.1 Å². The minimum atomic E-state index is 0.537. The molecule has 0 fully saturated rings. The molecular formula is C12H9N3O. The van der Waals surface area contributed by atoms with Crippen molar-refractivity contribution in [3.63, 3.8) is 0 Å². The average molecular weight is 211 g/mol. The molecule has 16 heavy (non-hydrogen) atoms. The highest BCUT2D eigenvalue weighted by Crippen LogP contribution is 2.27. The number of anilines is 1. The first kappa shape index (κ1) is 8.91. The second kappa shape index (κ2) is 3.34. The molecule has 0 bridgehead atoms. The largest absolute Gasteiger partial charge is 0.394 e. The third-order valence-corrected chi connectivity index (χ3v) is 2.47. The third-order valence-electron chi connectivity index (χ3n) is 2.47. The lowest BCUT2D eigenvalue weighted by atomic mass is 10.1. The first-order chi connectivity index (χ1) is 7.84. The number of aromatic nitrogens is 2. The van der Waals surface area contributed by atoms with Crippen LogP contribution >= 0.6 is 0 Å². The highest BCUT2D eigenvalue weighted by Gasteiger charge is 2.08. The number of hydrogen-bond donors (Lipinski definition) is 1. The molecule has 0 spiro atoms. The number of nitrogens with zero attached hydrogens (tertiary/aromatic N) is 2. The summed E-state index contributed by atoms with van der Waals surface area (Å²) in [6.07, 6.45) is 3.26. The average Bonchev–Trinajstić information content (AvgIpc) is 2.75. The first-order valence-corrected chi connectivity index (χ1v) is 4.90. The van der Waals surface area contributed by atoms with Crippen molar-refractivity contribution in [1.82, 2.24) is 10.1 Å². The van der Waals surface area contributed by atoms with Crippen LogP contribution in [0.5, 0.6) is 0 Å². The summed E-state index contributed by atoms with van der Waals surface area (Å²) in [6, 6.07) is 9.79. The zero-order chi connectivity index (χ0) is 11.0. The Bertz CT molecular complexity index is 645. The topological polar surface area (TPSA) is 64.9 Å². The monoisotopic (exact) mass is 211 g/mol. The molecule has 0 aliphatic heterocycles. The molecule has 3 aromatic rings. The van der Waals surface area contributed by atoms with Crippen LogP contribution in [-0.4, -0.2) is 10.1 Å². The molecule has 0 unspecified atom stereocenters. The Kier molecular flexibility index (Phi) is 1.86. The van der Waals surface area contributed by atoms with Gasteiger partial charge in [-0.2, -0.15) is 0 Å². The van der Waals surface area contributed by atoms with Gasteiger partial charge in [-0.1, -0.05) is 23.4 Å². The Morgan fingerprint density at radius 3 is 2.94 bits per heavy atom. The van der Waals surface area contributed by atoms with Crippen LogP contribution in [0.25, 0.3) is 22.2 Å². The molecular weight excluding hydrogens is 202 g/mol. The molecule has 0 atom stereocenters. The number of pyridine rings is 1. The molecule has 1 aromatic carbocycles. The van der Waals surface area contributed by atoms with E-state index < -0.39 is 0 Å². The Labute approximate surface area is 91.7 Å². The minimum Gasteiger partial charge on any atom is -0.394 e. The second-order valence-electron chi connectivity index (χ2n) is 3.52. The van der Waals surface area contributed by atoms with Crippen LogP contribution < -0.4 is 5.73 Å². The van der Waals surface area contributed by atoms with E-state index in [1.54, 1.807) is 6.20 Å². The van der Waals surface area contributed by atoms with Crippen molar-refractivity contribution >= 4 is 16.6 Å². The molecule has 3 rings (SSSR count). The molecule has 0 radical (unpaired) electrons. The predicted molar refractivity (Wildman–Crippen MR) is 61.7 cm³/mol. The van der Waals surface area contributed by atoms with Gasteiger partial charge in [-0.3, -0.25) is 4.98 Å². The summed E-state index contributed by atoms with van der Waals surface area (Å²) in [4.78, 5) is 4.28. The van der Waals surface area contributed by atoms with Crippen molar-refractivity contribution in [3.8, 4) is 11.3 Å². The Balaban J connectivity index is 2.23. The van der Waals surface area contributed by atoms with Crippen molar-refractivity contribution in [3.05, 3.63) is 42.7 Å². The Morgan fingerprint density at radius 2 is 2.12 bits per heavy atom. The van der Waals surface area contributed by atoms with Crippen molar-refractivity contribution in [2.45, 2.75) is 0 Å². The van der Waals surface area contributed by atoms with Gasteiger partial charge >= 0.3 is 0 Å². The van der Waals surface area contributed by atoms with Crippen LogP contribution in [0.15, 0.2) is 47.2 Å². The lowest BCUT2D eigenvalue weighted by Crippen LogP contribution is -1.85. The van der Waals surface area contributed by atoms with Gasteiger partial charge in [-0.25, -0.2) is 0 Å². The molecule has 78 valence electrons. The second-order valence-corrected chi connectivity index (χ2v) is 3.52. The van der Waals surface area contributed by atoms with Gasteiger partial charge in [0.25, 0.3) is 0 Å². The molecule has 0 aliphatic rings. The van der Waals surface area contributed by atoms with Crippen LogP contribution in [0.3, 0.4) is 0 Å². The Morgan fingerprint density at radius 1 is 1.19 bits per heavy atom. The summed E-state index contributed by atoms with van der Waals surface area (Å²) in [5.41, 5.74) is 8.08. The lowest BCUT2D eigenvalue weighted by Gasteiger charge is -2.00.